The Morgan fingerprint density at radius 2 is 1.65 bits per heavy atom. The van der Waals surface area contributed by atoms with Crippen molar-refractivity contribution in [1.82, 2.24) is 4.90 Å². The largest absolute Gasteiger partial charge is 0.300 e. The van der Waals surface area contributed by atoms with Crippen LogP contribution in [-0.2, 0) is 0 Å². The van der Waals surface area contributed by atoms with Crippen LogP contribution < -0.4 is 0 Å². The monoisotopic (exact) mass is 343 g/mol. The van der Waals surface area contributed by atoms with Gasteiger partial charge < -0.3 is 0 Å². The highest BCUT2D eigenvalue weighted by Gasteiger charge is 2.38. The second-order valence-corrected chi connectivity index (χ2v) is 7.92. The zero-order valence-electron chi connectivity index (χ0n) is 13.7. The van der Waals surface area contributed by atoms with Crippen molar-refractivity contribution in [2.75, 3.05) is 18.4 Å². The maximum absolute atomic E-state index is 3.86. The second kappa shape index (κ2) is 8.17. The van der Waals surface area contributed by atoms with Crippen molar-refractivity contribution in [1.29, 1.82) is 0 Å². The minimum atomic E-state index is 0.532. The van der Waals surface area contributed by atoms with Gasteiger partial charge in [0.05, 0.1) is 0 Å². The number of rotatable bonds is 8. The predicted molar refractivity (Wildman–Crippen MR) is 92.6 cm³/mol. The third-order valence-electron chi connectivity index (χ3n) is 5.74. The van der Waals surface area contributed by atoms with Crippen LogP contribution in [0.5, 0.6) is 0 Å². The van der Waals surface area contributed by atoms with Crippen LogP contribution >= 0.6 is 15.9 Å². The Labute approximate surface area is 135 Å². The molecule has 118 valence electrons. The standard InChI is InChI=1S/C18H34BrN/c1-3-11-18(14-19,12-4-2)15-20-13-7-10-17(20)16-8-5-6-9-16/h16-17H,3-15H2,1-2H3. The SMILES string of the molecule is CCCC(CBr)(CCC)CN1CCCC1C1CCCC1. The Hall–Kier alpha value is 0.440. The molecular weight excluding hydrogens is 310 g/mol. The number of hydrogen-bond donors (Lipinski definition) is 0. The van der Waals surface area contributed by atoms with Gasteiger partial charge in [0.1, 0.15) is 0 Å². The van der Waals surface area contributed by atoms with E-state index in [0.717, 1.165) is 12.0 Å². The molecule has 1 saturated heterocycles. The van der Waals surface area contributed by atoms with E-state index >= 15 is 0 Å². The molecule has 0 spiro atoms. The van der Waals surface area contributed by atoms with E-state index in [1.165, 1.54) is 82.6 Å². The first-order chi connectivity index (χ1) is 9.74. The fourth-order valence-corrected chi connectivity index (χ4v) is 5.61. The highest BCUT2D eigenvalue weighted by Crippen LogP contribution is 2.39. The summed E-state index contributed by atoms with van der Waals surface area (Å²) in [4.78, 5) is 2.89. The maximum atomic E-state index is 3.86. The Morgan fingerprint density at radius 3 is 2.20 bits per heavy atom. The zero-order valence-corrected chi connectivity index (χ0v) is 15.3. The Balaban J connectivity index is 2.00. The lowest BCUT2D eigenvalue weighted by Gasteiger charge is -2.39. The van der Waals surface area contributed by atoms with Gasteiger partial charge in [0.15, 0.2) is 0 Å². The summed E-state index contributed by atoms with van der Waals surface area (Å²) in [7, 11) is 0. The molecule has 2 fully saturated rings. The van der Waals surface area contributed by atoms with E-state index in [1.54, 1.807) is 0 Å². The van der Waals surface area contributed by atoms with Crippen LogP contribution in [0, 0.1) is 11.3 Å². The van der Waals surface area contributed by atoms with Gasteiger partial charge in [0.2, 0.25) is 0 Å². The van der Waals surface area contributed by atoms with E-state index in [0.29, 0.717) is 5.41 Å². The molecule has 0 bridgehead atoms. The summed E-state index contributed by atoms with van der Waals surface area (Å²) in [5.41, 5.74) is 0.532. The summed E-state index contributed by atoms with van der Waals surface area (Å²) < 4.78 is 0. The van der Waals surface area contributed by atoms with Gasteiger partial charge in [-0.3, -0.25) is 4.90 Å². The molecule has 2 aliphatic rings. The molecule has 2 rings (SSSR count). The fourth-order valence-electron chi connectivity index (χ4n) is 4.87. The van der Waals surface area contributed by atoms with Gasteiger partial charge in [0.25, 0.3) is 0 Å². The van der Waals surface area contributed by atoms with Crippen molar-refractivity contribution in [3.05, 3.63) is 0 Å². The van der Waals surface area contributed by atoms with Crippen LogP contribution in [0.15, 0.2) is 0 Å². The summed E-state index contributed by atoms with van der Waals surface area (Å²) in [6.07, 6.45) is 14.3. The normalized spacial score (nSPS) is 25.6. The number of likely N-dealkylation sites (tertiary alicyclic amines) is 1. The topological polar surface area (TPSA) is 3.24 Å². The summed E-state index contributed by atoms with van der Waals surface area (Å²) in [6.45, 7) is 7.42. The molecule has 1 heterocycles. The molecule has 1 aliphatic carbocycles. The van der Waals surface area contributed by atoms with Crippen LogP contribution in [-0.4, -0.2) is 29.4 Å². The quantitative estimate of drug-likeness (QED) is 0.516. The first kappa shape index (κ1) is 16.8. The highest BCUT2D eigenvalue weighted by molar-refractivity contribution is 9.09. The minimum absolute atomic E-state index is 0.532. The van der Waals surface area contributed by atoms with Crippen molar-refractivity contribution in [3.8, 4) is 0 Å². The van der Waals surface area contributed by atoms with Crippen LogP contribution in [0.25, 0.3) is 0 Å². The number of nitrogens with zero attached hydrogens (tertiary/aromatic N) is 1. The van der Waals surface area contributed by atoms with E-state index in [1.807, 2.05) is 0 Å². The van der Waals surface area contributed by atoms with Crippen molar-refractivity contribution in [3.63, 3.8) is 0 Å². The average molecular weight is 344 g/mol. The molecule has 0 aromatic rings. The molecule has 0 amide bonds. The highest BCUT2D eigenvalue weighted by atomic mass is 79.9. The van der Waals surface area contributed by atoms with Crippen LogP contribution in [0.3, 0.4) is 0 Å². The Kier molecular flexibility index (Phi) is 6.87. The van der Waals surface area contributed by atoms with E-state index in [4.69, 9.17) is 0 Å². The molecule has 0 aromatic heterocycles. The van der Waals surface area contributed by atoms with Crippen molar-refractivity contribution in [2.45, 2.75) is 84.1 Å². The third-order valence-corrected chi connectivity index (χ3v) is 6.93. The first-order valence-corrected chi connectivity index (χ1v) is 10.2. The van der Waals surface area contributed by atoms with E-state index in [2.05, 4.69) is 34.7 Å². The number of halogens is 1. The van der Waals surface area contributed by atoms with Gasteiger partial charge in [-0.15, -0.1) is 0 Å². The lowest BCUT2D eigenvalue weighted by molar-refractivity contribution is 0.110. The van der Waals surface area contributed by atoms with Gasteiger partial charge >= 0.3 is 0 Å². The molecule has 0 radical (unpaired) electrons. The smallest absolute Gasteiger partial charge is 0.0124 e. The molecule has 0 aromatic carbocycles. The van der Waals surface area contributed by atoms with E-state index in [-0.39, 0.29) is 0 Å². The van der Waals surface area contributed by atoms with Crippen molar-refractivity contribution < 1.29 is 0 Å². The van der Waals surface area contributed by atoms with Gasteiger partial charge in [-0.25, -0.2) is 0 Å². The van der Waals surface area contributed by atoms with Gasteiger partial charge in [-0.2, -0.15) is 0 Å². The van der Waals surface area contributed by atoms with E-state index in [9.17, 15) is 0 Å². The third kappa shape index (κ3) is 4.00. The molecule has 1 aliphatic heterocycles. The fraction of sp³-hybridized carbons (Fsp3) is 1.00. The minimum Gasteiger partial charge on any atom is -0.300 e. The molecule has 1 unspecified atom stereocenters. The molecule has 1 nitrogen and oxygen atoms in total. The number of alkyl halides is 1. The molecule has 0 N–H and O–H groups in total. The molecule has 20 heavy (non-hydrogen) atoms. The Morgan fingerprint density at radius 1 is 1.00 bits per heavy atom. The van der Waals surface area contributed by atoms with Crippen LogP contribution in [0.2, 0.25) is 0 Å². The average Bonchev–Trinajstić information content (AvgIpc) is 3.09. The molecule has 2 heteroatoms. The van der Waals surface area contributed by atoms with Crippen LogP contribution in [0.4, 0.5) is 0 Å². The molecular formula is C18H34BrN. The Bertz CT molecular complexity index is 267. The lowest BCUT2D eigenvalue weighted by Crippen LogP contribution is -2.43. The van der Waals surface area contributed by atoms with Crippen LogP contribution in [0.1, 0.15) is 78.1 Å². The van der Waals surface area contributed by atoms with Crippen molar-refractivity contribution in [2.24, 2.45) is 11.3 Å². The lowest BCUT2D eigenvalue weighted by atomic mass is 9.80. The summed E-state index contributed by atoms with van der Waals surface area (Å²) >= 11 is 3.86. The summed E-state index contributed by atoms with van der Waals surface area (Å²) in [5, 5.41) is 1.19. The molecule has 1 atom stereocenters. The summed E-state index contributed by atoms with van der Waals surface area (Å²) in [6, 6.07) is 0.921. The van der Waals surface area contributed by atoms with Gasteiger partial charge in [-0.1, -0.05) is 55.5 Å². The summed E-state index contributed by atoms with van der Waals surface area (Å²) in [5.74, 6) is 1.02. The number of hydrogen-bond acceptors (Lipinski definition) is 1. The predicted octanol–water partition coefficient (Wildman–Crippen LogP) is 5.62. The zero-order chi connectivity index (χ0) is 14.4. The van der Waals surface area contributed by atoms with Gasteiger partial charge in [-0.05, 0) is 56.4 Å². The van der Waals surface area contributed by atoms with Crippen molar-refractivity contribution >= 4 is 15.9 Å². The second-order valence-electron chi connectivity index (χ2n) is 7.36. The van der Waals surface area contributed by atoms with Gasteiger partial charge in [0, 0.05) is 17.9 Å². The maximum Gasteiger partial charge on any atom is 0.0124 e. The molecule has 1 saturated carbocycles. The first-order valence-electron chi connectivity index (χ1n) is 9.04. The van der Waals surface area contributed by atoms with E-state index < -0.39 is 0 Å².